The lowest BCUT2D eigenvalue weighted by Crippen LogP contribution is -2.23. The van der Waals surface area contributed by atoms with Crippen LogP contribution in [-0.4, -0.2) is 13.0 Å². The summed E-state index contributed by atoms with van der Waals surface area (Å²) in [5.41, 5.74) is 0.910. The van der Waals surface area contributed by atoms with E-state index in [0.29, 0.717) is 18.4 Å². The van der Waals surface area contributed by atoms with Gasteiger partial charge in [-0.25, -0.2) is 0 Å². The summed E-state index contributed by atoms with van der Waals surface area (Å²) in [6.07, 6.45) is -3.48. The summed E-state index contributed by atoms with van der Waals surface area (Å²) in [6, 6.07) is 12.2. The molecule has 1 N–H and O–H groups in total. The first-order chi connectivity index (χ1) is 11.4. The molecule has 0 fully saturated rings. The Morgan fingerprint density at radius 2 is 1.79 bits per heavy atom. The molecule has 2 rings (SSSR count). The Hall–Kier alpha value is -2.50. The van der Waals surface area contributed by atoms with Crippen molar-refractivity contribution >= 4 is 5.91 Å². The molecule has 1 amide bonds. The van der Waals surface area contributed by atoms with Crippen LogP contribution in [0.5, 0.6) is 5.75 Å². The van der Waals surface area contributed by atoms with Crippen molar-refractivity contribution in [2.45, 2.75) is 25.6 Å². The van der Waals surface area contributed by atoms with Crippen LogP contribution in [0.2, 0.25) is 0 Å². The van der Waals surface area contributed by atoms with Crippen molar-refractivity contribution in [3.05, 3.63) is 65.2 Å². The summed E-state index contributed by atoms with van der Waals surface area (Å²) in [5.74, 6) is 0.579. The van der Waals surface area contributed by atoms with Gasteiger partial charge in [0.15, 0.2) is 0 Å². The predicted molar refractivity (Wildman–Crippen MR) is 84.6 cm³/mol. The van der Waals surface area contributed by atoms with Gasteiger partial charge in [-0.3, -0.25) is 4.79 Å². The van der Waals surface area contributed by atoms with Crippen molar-refractivity contribution in [2.24, 2.45) is 0 Å². The summed E-state index contributed by atoms with van der Waals surface area (Å²) in [4.78, 5) is 11.8. The molecular formula is C18H18F3NO2. The largest absolute Gasteiger partial charge is 0.497 e. The van der Waals surface area contributed by atoms with Crippen molar-refractivity contribution in [3.63, 3.8) is 0 Å². The lowest BCUT2D eigenvalue weighted by molar-refractivity contribution is -0.137. The molecule has 0 aromatic heterocycles. The number of benzene rings is 2. The van der Waals surface area contributed by atoms with Crippen LogP contribution in [0.15, 0.2) is 48.5 Å². The van der Waals surface area contributed by atoms with E-state index in [2.05, 4.69) is 5.32 Å². The first-order valence-corrected chi connectivity index (χ1v) is 7.44. The molecule has 3 nitrogen and oxygen atoms in total. The van der Waals surface area contributed by atoms with Crippen LogP contribution in [-0.2, 0) is 23.9 Å². The van der Waals surface area contributed by atoms with Gasteiger partial charge in [0, 0.05) is 13.0 Å². The summed E-state index contributed by atoms with van der Waals surface area (Å²) in [5, 5.41) is 2.70. The van der Waals surface area contributed by atoms with E-state index in [1.807, 2.05) is 24.3 Å². The van der Waals surface area contributed by atoms with Gasteiger partial charge in [-0.15, -0.1) is 0 Å². The number of alkyl halides is 3. The van der Waals surface area contributed by atoms with Crippen LogP contribution >= 0.6 is 0 Å². The van der Waals surface area contributed by atoms with Crippen molar-refractivity contribution in [2.75, 3.05) is 7.11 Å². The monoisotopic (exact) mass is 337 g/mol. The Balaban J connectivity index is 1.80. The van der Waals surface area contributed by atoms with Crippen molar-refractivity contribution in [1.82, 2.24) is 5.32 Å². The van der Waals surface area contributed by atoms with Crippen LogP contribution in [0.4, 0.5) is 13.2 Å². The van der Waals surface area contributed by atoms with Gasteiger partial charge >= 0.3 is 6.18 Å². The van der Waals surface area contributed by atoms with Gasteiger partial charge in [0.1, 0.15) is 5.75 Å². The first-order valence-electron chi connectivity index (χ1n) is 7.44. The Labute approximate surface area is 138 Å². The van der Waals surface area contributed by atoms with E-state index >= 15 is 0 Å². The van der Waals surface area contributed by atoms with Crippen LogP contribution in [0.3, 0.4) is 0 Å². The standard InChI is InChI=1S/C18H18F3NO2/c1-24-16-4-2-3-13(11-16)7-10-17(23)22-12-14-5-8-15(9-6-14)18(19,20)21/h2-6,8-9,11H,7,10,12H2,1H3,(H,22,23). The van der Waals surface area contributed by atoms with Gasteiger partial charge in [0.2, 0.25) is 5.91 Å². The quantitative estimate of drug-likeness (QED) is 0.866. The van der Waals surface area contributed by atoms with Crippen LogP contribution in [0.1, 0.15) is 23.1 Å². The number of carbonyl (C=O) groups excluding carboxylic acids is 1. The zero-order valence-electron chi connectivity index (χ0n) is 13.2. The molecule has 2 aromatic rings. The minimum atomic E-state index is -4.35. The minimum Gasteiger partial charge on any atom is -0.497 e. The molecule has 0 aliphatic rings. The molecule has 0 unspecified atom stereocenters. The summed E-state index contributed by atoms with van der Waals surface area (Å²) < 4.78 is 42.5. The van der Waals surface area contributed by atoms with Crippen LogP contribution in [0.25, 0.3) is 0 Å². The number of amides is 1. The highest BCUT2D eigenvalue weighted by Gasteiger charge is 2.29. The molecule has 0 radical (unpaired) electrons. The number of rotatable bonds is 6. The van der Waals surface area contributed by atoms with E-state index in [0.717, 1.165) is 23.4 Å². The van der Waals surface area contributed by atoms with E-state index in [9.17, 15) is 18.0 Å². The minimum absolute atomic E-state index is 0.155. The zero-order chi connectivity index (χ0) is 17.6. The maximum Gasteiger partial charge on any atom is 0.416 e. The Morgan fingerprint density at radius 1 is 1.08 bits per heavy atom. The van der Waals surface area contributed by atoms with Gasteiger partial charge in [-0.05, 0) is 41.8 Å². The third-order valence-corrected chi connectivity index (χ3v) is 3.55. The number of nitrogens with one attached hydrogen (secondary N) is 1. The van der Waals surface area contributed by atoms with Crippen LogP contribution < -0.4 is 10.1 Å². The third-order valence-electron chi connectivity index (χ3n) is 3.55. The molecule has 24 heavy (non-hydrogen) atoms. The van der Waals surface area contributed by atoms with Gasteiger partial charge in [0.05, 0.1) is 12.7 Å². The molecule has 6 heteroatoms. The Kier molecular flexibility index (Phi) is 5.84. The number of methoxy groups -OCH3 is 1. The summed E-state index contributed by atoms with van der Waals surface area (Å²) in [7, 11) is 1.58. The van der Waals surface area contributed by atoms with Crippen molar-refractivity contribution in [1.29, 1.82) is 0 Å². The van der Waals surface area contributed by atoms with Gasteiger partial charge in [-0.2, -0.15) is 13.2 Å². The number of hydrogen-bond donors (Lipinski definition) is 1. The molecule has 128 valence electrons. The molecule has 0 saturated heterocycles. The third kappa shape index (κ3) is 5.30. The number of carbonyl (C=O) groups is 1. The molecule has 0 heterocycles. The second-order valence-corrected chi connectivity index (χ2v) is 5.32. The maximum atomic E-state index is 12.5. The van der Waals surface area contributed by atoms with Gasteiger partial charge in [-0.1, -0.05) is 24.3 Å². The molecule has 0 saturated carbocycles. The second kappa shape index (κ2) is 7.86. The van der Waals surface area contributed by atoms with Crippen molar-refractivity contribution < 1.29 is 22.7 Å². The Morgan fingerprint density at radius 3 is 2.42 bits per heavy atom. The average Bonchev–Trinajstić information content (AvgIpc) is 2.58. The van der Waals surface area contributed by atoms with Crippen molar-refractivity contribution in [3.8, 4) is 5.75 Å². The highest BCUT2D eigenvalue weighted by atomic mass is 19.4. The van der Waals surface area contributed by atoms with Gasteiger partial charge < -0.3 is 10.1 Å². The van der Waals surface area contributed by atoms with E-state index in [4.69, 9.17) is 4.74 Å². The SMILES string of the molecule is COc1cccc(CCC(=O)NCc2ccc(C(F)(F)F)cc2)c1. The number of ether oxygens (including phenoxy) is 1. The average molecular weight is 337 g/mol. The number of aryl methyl sites for hydroxylation is 1. The molecule has 0 aliphatic carbocycles. The Bertz CT molecular complexity index is 681. The summed E-state index contributed by atoms with van der Waals surface area (Å²) >= 11 is 0. The molecule has 0 bridgehead atoms. The highest BCUT2D eigenvalue weighted by Crippen LogP contribution is 2.29. The fraction of sp³-hybridized carbons (Fsp3) is 0.278. The fourth-order valence-corrected chi connectivity index (χ4v) is 2.19. The topological polar surface area (TPSA) is 38.3 Å². The number of halogens is 3. The lowest BCUT2D eigenvalue weighted by atomic mass is 10.1. The summed E-state index contributed by atoms with van der Waals surface area (Å²) in [6.45, 7) is 0.203. The maximum absolute atomic E-state index is 12.5. The van der Waals surface area contributed by atoms with E-state index < -0.39 is 11.7 Å². The van der Waals surface area contributed by atoms with Crippen LogP contribution in [0, 0.1) is 0 Å². The fourth-order valence-electron chi connectivity index (χ4n) is 2.19. The highest BCUT2D eigenvalue weighted by molar-refractivity contribution is 5.76. The van der Waals surface area contributed by atoms with E-state index in [-0.39, 0.29) is 12.5 Å². The smallest absolute Gasteiger partial charge is 0.416 e. The lowest BCUT2D eigenvalue weighted by Gasteiger charge is -2.09. The molecule has 0 aliphatic heterocycles. The normalized spacial score (nSPS) is 11.2. The molecule has 0 atom stereocenters. The zero-order valence-corrected chi connectivity index (χ0v) is 13.2. The molecule has 0 spiro atoms. The first kappa shape index (κ1) is 17.8. The molecule has 2 aromatic carbocycles. The number of hydrogen-bond acceptors (Lipinski definition) is 2. The second-order valence-electron chi connectivity index (χ2n) is 5.32. The van der Waals surface area contributed by atoms with E-state index in [1.165, 1.54) is 12.1 Å². The molecular weight excluding hydrogens is 319 g/mol. The van der Waals surface area contributed by atoms with E-state index in [1.54, 1.807) is 7.11 Å². The predicted octanol–water partition coefficient (Wildman–Crippen LogP) is 3.96. The van der Waals surface area contributed by atoms with Gasteiger partial charge in [0.25, 0.3) is 0 Å².